The van der Waals surface area contributed by atoms with Crippen LogP contribution in [0.5, 0.6) is 5.75 Å². The number of rotatable bonds is 3. The third-order valence-electron chi connectivity index (χ3n) is 2.88. The molecule has 1 aliphatic carbocycles. The van der Waals surface area contributed by atoms with Gasteiger partial charge in [-0.25, -0.2) is 8.42 Å². The topological polar surface area (TPSA) is 43.4 Å². The lowest BCUT2D eigenvalue weighted by Gasteiger charge is -2.25. The number of halogens is 3. The van der Waals surface area contributed by atoms with Crippen LogP contribution < -0.4 is 4.74 Å². The van der Waals surface area contributed by atoms with Crippen molar-refractivity contribution in [2.24, 2.45) is 0 Å². The van der Waals surface area contributed by atoms with E-state index in [4.69, 9.17) is 0 Å². The van der Waals surface area contributed by atoms with Crippen molar-refractivity contribution in [1.82, 2.24) is 0 Å². The largest absolute Gasteiger partial charge is 0.573 e. The molecule has 0 aliphatic heterocycles. The second-order valence-corrected chi connectivity index (χ2v) is 6.35. The number of ether oxygens (including phenoxy) is 1. The van der Waals surface area contributed by atoms with E-state index in [1.165, 1.54) is 0 Å². The summed E-state index contributed by atoms with van der Waals surface area (Å²) in [5.41, 5.74) is 0. The quantitative estimate of drug-likeness (QED) is 0.855. The Bertz CT molecular complexity index is 515. The van der Waals surface area contributed by atoms with E-state index in [9.17, 15) is 21.6 Å². The summed E-state index contributed by atoms with van der Waals surface area (Å²) in [6, 6.07) is 4.32. The molecular weight excluding hydrogens is 269 g/mol. The zero-order valence-electron chi connectivity index (χ0n) is 9.27. The molecule has 1 aliphatic rings. The van der Waals surface area contributed by atoms with Crippen LogP contribution in [0.25, 0.3) is 0 Å². The van der Waals surface area contributed by atoms with E-state index in [0.717, 1.165) is 30.7 Å². The van der Waals surface area contributed by atoms with Crippen molar-refractivity contribution >= 4 is 9.84 Å². The first-order chi connectivity index (χ1) is 8.29. The van der Waals surface area contributed by atoms with Crippen molar-refractivity contribution in [2.45, 2.75) is 35.8 Å². The van der Waals surface area contributed by atoms with Crippen molar-refractivity contribution in [3.05, 3.63) is 24.3 Å². The molecule has 0 aromatic heterocycles. The molecule has 0 unspecified atom stereocenters. The molecule has 1 saturated carbocycles. The fourth-order valence-electron chi connectivity index (χ4n) is 1.70. The Morgan fingerprint density at radius 2 is 1.67 bits per heavy atom. The Labute approximate surface area is 102 Å². The van der Waals surface area contributed by atoms with Crippen molar-refractivity contribution in [1.29, 1.82) is 0 Å². The van der Waals surface area contributed by atoms with Gasteiger partial charge in [0, 0.05) is 0 Å². The van der Waals surface area contributed by atoms with Crippen LogP contribution in [0.2, 0.25) is 0 Å². The monoisotopic (exact) mass is 280 g/mol. The number of alkyl halides is 3. The van der Waals surface area contributed by atoms with Crippen LogP contribution in [-0.2, 0) is 9.84 Å². The Hall–Kier alpha value is -1.24. The average molecular weight is 280 g/mol. The summed E-state index contributed by atoms with van der Waals surface area (Å²) in [5, 5.41) is -0.396. The highest BCUT2D eigenvalue weighted by Crippen LogP contribution is 2.32. The van der Waals surface area contributed by atoms with E-state index in [2.05, 4.69) is 4.74 Å². The predicted octanol–water partition coefficient (Wildman–Crippen LogP) is 2.91. The van der Waals surface area contributed by atoms with Gasteiger partial charge in [0.25, 0.3) is 0 Å². The zero-order chi connectivity index (χ0) is 13.4. The van der Waals surface area contributed by atoms with Crippen LogP contribution in [0.3, 0.4) is 0 Å². The standard InChI is InChI=1S/C11H11F3O3S/c12-11(13,14)17-8-4-6-10(7-5-8)18(15,16)9-2-1-3-9/h4-7,9H,1-3H2. The van der Waals surface area contributed by atoms with Crippen molar-refractivity contribution in [2.75, 3.05) is 0 Å². The van der Waals surface area contributed by atoms with Gasteiger partial charge in [0.2, 0.25) is 0 Å². The van der Waals surface area contributed by atoms with Gasteiger partial charge in [-0.15, -0.1) is 13.2 Å². The van der Waals surface area contributed by atoms with Crippen LogP contribution in [0, 0.1) is 0 Å². The van der Waals surface area contributed by atoms with Gasteiger partial charge in [-0.05, 0) is 37.1 Å². The van der Waals surface area contributed by atoms with Crippen molar-refractivity contribution < 1.29 is 26.3 Å². The molecule has 3 nitrogen and oxygen atoms in total. The molecule has 0 N–H and O–H groups in total. The van der Waals surface area contributed by atoms with Gasteiger partial charge in [0.1, 0.15) is 5.75 Å². The third kappa shape index (κ3) is 2.77. The fraction of sp³-hybridized carbons (Fsp3) is 0.455. The molecule has 0 saturated heterocycles. The second-order valence-electron chi connectivity index (χ2n) is 4.12. The maximum atomic E-state index is 11.9. The van der Waals surface area contributed by atoms with E-state index in [1.807, 2.05) is 0 Å². The van der Waals surface area contributed by atoms with Crippen LogP contribution in [0.4, 0.5) is 13.2 Å². The Morgan fingerprint density at radius 1 is 1.11 bits per heavy atom. The van der Waals surface area contributed by atoms with Crippen LogP contribution >= 0.6 is 0 Å². The zero-order valence-corrected chi connectivity index (χ0v) is 10.1. The molecule has 7 heteroatoms. The smallest absolute Gasteiger partial charge is 0.406 e. The molecule has 2 rings (SSSR count). The van der Waals surface area contributed by atoms with Crippen molar-refractivity contribution in [3.8, 4) is 5.75 Å². The summed E-state index contributed by atoms with van der Waals surface area (Å²) >= 11 is 0. The molecule has 0 heterocycles. The number of hydrogen-bond donors (Lipinski definition) is 0. The molecule has 1 aromatic carbocycles. The minimum atomic E-state index is -4.77. The van der Waals surface area contributed by atoms with Crippen LogP contribution in [-0.4, -0.2) is 20.0 Å². The van der Waals surface area contributed by atoms with E-state index >= 15 is 0 Å². The van der Waals surface area contributed by atoms with Gasteiger partial charge in [0.15, 0.2) is 9.84 Å². The Kier molecular flexibility index (Phi) is 3.27. The molecule has 0 spiro atoms. The van der Waals surface area contributed by atoms with Gasteiger partial charge >= 0.3 is 6.36 Å². The van der Waals surface area contributed by atoms with E-state index in [-0.39, 0.29) is 4.90 Å². The maximum absolute atomic E-state index is 11.9. The summed E-state index contributed by atoms with van der Waals surface area (Å²) in [6.45, 7) is 0. The highest BCUT2D eigenvalue weighted by molar-refractivity contribution is 7.92. The highest BCUT2D eigenvalue weighted by atomic mass is 32.2. The van der Waals surface area contributed by atoms with E-state index < -0.39 is 27.2 Å². The summed E-state index contributed by atoms with van der Waals surface area (Å²) in [6.07, 6.45) is -2.67. The van der Waals surface area contributed by atoms with E-state index in [1.54, 1.807) is 0 Å². The molecular formula is C11H11F3O3S. The Balaban J connectivity index is 2.17. The minimum absolute atomic E-state index is 0.0433. The lowest BCUT2D eigenvalue weighted by molar-refractivity contribution is -0.274. The van der Waals surface area contributed by atoms with Gasteiger partial charge in [0.05, 0.1) is 10.1 Å². The molecule has 1 fully saturated rings. The molecule has 100 valence electrons. The summed E-state index contributed by atoms with van der Waals surface area (Å²) in [7, 11) is -3.40. The predicted molar refractivity (Wildman–Crippen MR) is 57.9 cm³/mol. The summed E-state index contributed by atoms with van der Waals surface area (Å²) in [4.78, 5) is 0.0433. The first-order valence-corrected chi connectivity index (χ1v) is 6.93. The van der Waals surface area contributed by atoms with Crippen LogP contribution in [0.1, 0.15) is 19.3 Å². The first kappa shape index (κ1) is 13.2. The summed E-state index contributed by atoms with van der Waals surface area (Å²) < 4.78 is 63.4. The maximum Gasteiger partial charge on any atom is 0.573 e. The minimum Gasteiger partial charge on any atom is -0.406 e. The number of sulfone groups is 1. The van der Waals surface area contributed by atoms with Gasteiger partial charge < -0.3 is 4.74 Å². The van der Waals surface area contributed by atoms with Crippen molar-refractivity contribution in [3.63, 3.8) is 0 Å². The van der Waals surface area contributed by atoms with Gasteiger partial charge in [-0.3, -0.25) is 0 Å². The third-order valence-corrected chi connectivity index (χ3v) is 5.16. The Morgan fingerprint density at radius 3 is 2.06 bits per heavy atom. The molecule has 18 heavy (non-hydrogen) atoms. The van der Waals surface area contributed by atoms with Gasteiger partial charge in [-0.1, -0.05) is 6.42 Å². The van der Waals surface area contributed by atoms with E-state index in [0.29, 0.717) is 12.8 Å². The highest BCUT2D eigenvalue weighted by Gasteiger charge is 2.33. The molecule has 1 aromatic rings. The molecule has 0 amide bonds. The lowest BCUT2D eigenvalue weighted by atomic mass is 10.00. The number of hydrogen-bond acceptors (Lipinski definition) is 3. The lowest BCUT2D eigenvalue weighted by Crippen LogP contribution is -2.28. The molecule has 0 bridgehead atoms. The summed E-state index contributed by atoms with van der Waals surface area (Å²) in [5.74, 6) is -0.421. The normalized spacial score (nSPS) is 17.3. The van der Waals surface area contributed by atoms with Crippen LogP contribution in [0.15, 0.2) is 29.2 Å². The molecule has 0 atom stereocenters. The second kappa shape index (κ2) is 4.46. The van der Waals surface area contributed by atoms with Gasteiger partial charge in [-0.2, -0.15) is 0 Å². The average Bonchev–Trinajstić information content (AvgIpc) is 2.12. The number of benzene rings is 1. The first-order valence-electron chi connectivity index (χ1n) is 5.39. The fourth-order valence-corrected chi connectivity index (χ4v) is 3.56. The molecule has 0 radical (unpaired) electrons. The SMILES string of the molecule is O=S(=O)(c1ccc(OC(F)(F)F)cc1)C1CCC1.